The molecule has 36 heavy (non-hydrogen) atoms. The molecule has 3 N–H and O–H groups in total. The summed E-state index contributed by atoms with van der Waals surface area (Å²) >= 11 is 12.3. The highest BCUT2D eigenvalue weighted by molar-refractivity contribution is 6.39. The SMILES string of the molecule is COc1ccc(F)cc1NC(=O)Nc1ccc(N2CCN(C(=O)Nc3c(Cl)cccc3Cl)CC2)cc1. The van der Waals surface area contributed by atoms with E-state index in [1.165, 1.54) is 25.3 Å². The number of urea groups is 2. The van der Waals surface area contributed by atoms with Crippen molar-refractivity contribution in [3.63, 3.8) is 0 Å². The highest BCUT2D eigenvalue weighted by Gasteiger charge is 2.22. The third-order valence-electron chi connectivity index (χ3n) is 5.66. The summed E-state index contributed by atoms with van der Waals surface area (Å²) in [6.45, 7) is 2.31. The van der Waals surface area contributed by atoms with Gasteiger partial charge < -0.3 is 30.5 Å². The summed E-state index contributed by atoms with van der Waals surface area (Å²) in [6.07, 6.45) is 0. The van der Waals surface area contributed by atoms with E-state index in [0.29, 0.717) is 53.3 Å². The Hall–Kier alpha value is -3.69. The summed E-state index contributed by atoms with van der Waals surface area (Å²) in [4.78, 5) is 28.9. The Balaban J connectivity index is 1.29. The van der Waals surface area contributed by atoms with Crippen molar-refractivity contribution in [3.05, 3.63) is 76.5 Å². The Morgan fingerprint density at radius 1 is 0.889 bits per heavy atom. The minimum absolute atomic E-state index is 0.227. The van der Waals surface area contributed by atoms with Crippen LogP contribution in [0.3, 0.4) is 0 Å². The molecule has 1 saturated heterocycles. The molecule has 4 amide bonds. The molecule has 0 saturated carbocycles. The molecule has 0 aromatic heterocycles. The van der Waals surface area contributed by atoms with Crippen molar-refractivity contribution in [1.82, 2.24) is 4.90 Å². The molecule has 3 aromatic carbocycles. The van der Waals surface area contributed by atoms with Gasteiger partial charge >= 0.3 is 12.1 Å². The van der Waals surface area contributed by atoms with Crippen molar-refractivity contribution in [3.8, 4) is 5.75 Å². The number of piperazine rings is 1. The van der Waals surface area contributed by atoms with Crippen molar-refractivity contribution in [2.75, 3.05) is 54.1 Å². The number of nitrogens with one attached hydrogen (secondary N) is 3. The molecule has 1 heterocycles. The first-order valence-corrected chi connectivity index (χ1v) is 11.9. The van der Waals surface area contributed by atoms with Crippen LogP contribution >= 0.6 is 23.2 Å². The molecule has 0 unspecified atom stereocenters. The van der Waals surface area contributed by atoms with Gasteiger partial charge in [0.25, 0.3) is 0 Å². The number of methoxy groups -OCH3 is 1. The monoisotopic (exact) mass is 531 g/mol. The van der Waals surface area contributed by atoms with Crippen molar-refractivity contribution < 1.29 is 18.7 Å². The van der Waals surface area contributed by atoms with Gasteiger partial charge in [-0.2, -0.15) is 0 Å². The Morgan fingerprint density at radius 2 is 1.56 bits per heavy atom. The van der Waals surface area contributed by atoms with Crippen LogP contribution in [0.5, 0.6) is 5.75 Å². The molecule has 3 aromatic rings. The maximum atomic E-state index is 13.5. The van der Waals surface area contributed by atoms with Gasteiger partial charge in [0.15, 0.2) is 0 Å². The molecule has 1 fully saturated rings. The minimum Gasteiger partial charge on any atom is -0.495 e. The maximum Gasteiger partial charge on any atom is 0.323 e. The van der Waals surface area contributed by atoms with E-state index in [1.54, 1.807) is 35.2 Å². The van der Waals surface area contributed by atoms with Crippen LogP contribution in [0.15, 0.2) is 60.7 Å². The number of anilines is 4. The number of benzene rings is 3. The van der Waals surface area contributed by atoms with E-state index in [9.17, 15) is 14.0 Å². The molecule has 0 atom stereocenters. The number of amides is 4. The fourth-order valence-corrected chi connectivity index (χ4v) is 4.28. The van der Waals surface area contributed by atoms with Crippen LogP contribution in [0.4, 0.5) is 36.7 Å². The molecule has 8 nitrogen and oxygen atoms in total. The highest BCUT2D eigenvalue weighted by atomic mass is 35.5. The van der Waals surface area contributed by atoms with Gasteiger partial charge in [0.05, 0.1) is 28.5 Å². The number of nitrogens with zero attached hydrogens (tertiary/aromatic N) is 2. The fraction of sp³-hybridized carbons (Fsp3) is 0.200. The normalized spacial score (nSPS) is 13.2. The first-order chi connectivity index (χ1) is 17.3. The van der Waals surface area contributed by atoms with Gasteiger partial charge in [-0.25, -0.2) is 14.0 Å². The molecule has 1 aliphatic rings. The standard InChI is InChI=1S/C25H24Cl2FN5O3/c1-36-22-10-5-16(28)15-21(22)30-24(34)29-17-6-8-18(9-7-17)32-11-13-33(14-12-32)25(35)31-23-19(26)3-2-4-20(23)27/h2-10,15H,11-14H2,1H3,(H,31,35)(H2,29,30,34). The van der Waals surface area contributed by atoms with E-state index in [-0.39, 0.29) is 11.7 Å². The Bertz CT molecular complexity index is 1230. The van der Waals surface area contributed by atoms with Crippen molar-refractivity contribution in [1.29, 1.82) is 0 Å². The molecule has 1 aliphatic heterocycles. The lowest BCUT2D eigenvalue weighted by Crippen LogP contribution is -2.50. The number of hydrogen-bond acceptors (Lipinski definition) is 4. The number of halogens is 3. The molecule has 0 radical (unpaired) electrons. The second-order valence-electron chi connectivity index (χ2n) is 7.97. The predicted octanol–water partition coefficient (Wildman–Crippen LogP) is 6.14. The smallest absolute Gasteiger partial charge is 0.323 e. The van der Waals surface area contributed by atoms with Crippen molar-refractivity contribution in [2.24, 2.45) is 0 Å². The predicted molar refractivity (Wildman–Crippen MR) is 141 cm³/mol. The lowest BCUT2D eigenvalue weighted by atomic mass is 10.2. The molecule has 4 rings (SSSR count). The van der Waals surface area contributed by atoms with Crippen LogP contribution < -0.4 is 25.6 Å². The highest BCUT2D eigenvalue weighted by Crippen LogP contribution is 2.30. The van der Waals surface area contributed by atoms with Crippen LogP contribution in [0.1, 0.15) is 0 Å². The van der Waals surface area contributed by atoms with Gasteiger partial charge in [-0.05, 0) is 48.5 Å². The zero-order valence-electron chi connectivity index (χ0n) is 19.4. The molecular weight excluding hydrogens is 508 g/mol. The average Bonchev–Trinajstić information content (AvgIpc) is 2.87. The average molecular weight is 532 g/mol. The van der Waals surface area contributed by atoms with Gasteiger partial charge in [0.2, 0.25) is 0 Å². The Kier molecular flexibility index (Phi) is 8.02. The summed E-state index contributed by atoms with van der Waals surface area (Å²) < 4.78 is 18.7. The number of para-hydroxylation sites is 1. The Labute approximate surface area is 217 Å². The Morgan fingerprint density at radius 3 is 2.19 bits per heavy atom. The lowest BCUT2D eigenvalue weighted by Gasteiger charge is -2.36. The zero-order chi connectivity index (χ0) is 25.7. The van der Waals surface area contributed by atoms with E-state index in [1.807, 2.05) is 12.1 Å². The summed E-state index contributed by atoms with van der Waals surface area (Å²) in [7, 11) is 1.44. The second kappa shape index (κ2) is 11.4. The topological polar surface area (TPSA) is 85.9 Å². The molecule has 0 spiro atoms. The maximum absolute atomic E-state index is 13.5. The third-order valence-corrected chi connectivity index (χ3v) is 6.29. The second-order valence-corrected chi connectivity index (χ2v) is 8.79. The number of rotatable bonds is 5. The zero-order valence-corrected chi connectivity index (χ0v) is 20.9. The van der Waals surface area contributed by atoms with Gasteiger partial charge in [-0.1, -0.05) is 29.3 Å². The van der Waals surface area contributed by atoms with Crippen molar-refractivity contribution >= 4 is 58.0 Å². The van der Waals surface area contributed by atoms with Gasteiger partial charge in [-0.3, -0.25) is 0 Å². The summed E-state index contributed by atoms with van der Waals surface area (Å²) in [5.41, 5.74) is 2.16. The molecular formula is C25H24Cl2FN5O3. The molecule has 188 valence electrons. The quantitative estimate of drug-likeness (QED) is 0.369. The number of ether oxygens (including phenoxy) is 1. The van der Waals surface area contributed by atoms with Crippen LogP contribution in [0.25, 0.3) is 0 Å². The van der Waals surface area contributed by atoms with E-state index in [2.05, 4.69) is 20.9 Å². The third kappa shape index (κ3) is 6.10. The first kappa shape index (κ1) is 25.4. The van der Waals surface area contributed by atoms with E-state index in [4.69, 9.17) is 27.9 Å². The van der Waals surface area contributed by atoms with Gasteiger partial charge in [-0.15, -0.1) is 0 Å². The van der Waals surface area contributed by atoms with Crippen LogP contribution in [0, 0.1) is 5.82 Å². The molecule has 0 aliphatic carbocycles. The fourth-order valence-electron chi connectivity index (χ4n) is 3.79. The number of carbonyl (C=O) groups is 2. The number of carbonyl (C=O) groups excluding carboxylic acids is 2. The minimum atomic E-state index is -0.523. The van der Waals surface area contributed by atoms with E-state index < -0.39 is 11.8 Å². The lowest BCUT2D eigenvalue weighted by molar-refractivity contribution is 0.208. The van der Waals surface area contributed by atoms with Crippen molar-refractivity contribution in [2.45, 2.75) is 0 Å². The number of hydrogen-bond donors (Lipinski definition) is 3. The molecule has 11 heteroatoms. The van der Waals surface area contributed by atoms with Gasteiger partial charge in [0.1, 0.15) is 11.6 Å². The summed E-state index contributed by atoms with van der Waals surface area (Å²) in [5.74, 6) is -0.134. The largest absolute Gasteiger partial charge is 0.495 e. The van der Waals surface area contributed by atoms with E-state index in [0.717, 1.165) is 5.69 Å². The van der Waals surface area contributed by atoms with Crippen LogP contribution in [-0.2, 0) is 0 Å². The van der Waals surface area contributed by atoms with Crippen LogP contribution in [-0.4, -0.2) is 50.3 Å². The van der Waals surface area contributed by atoms with Gasteiger partial charge in [0, 0.05) is 43.6 Å². The summed E-state index contributed by atoms with van der Waals surface area (Å²) in [5, 5.41) is 8.85. The summed E-state index contributed by atoms with van der Waals surface area (Å²) in [6, 6.07) is 15.5. The van der Waals surface area contributed by atoms with Crippen LogP contribution in [0.2, 0.25) is 10.0 Å². The van der Waals surface area contributed by atoms with E-state index >= 15 is 0 Å². The first-order valence-electron chi connectivity index (χ1n) is 11.1. The molecule has 0 bridgehead atoms.